The molecule has 7 rings (SSSR count). The van der Waals surface area contributed by atoms with E-state index in [9.17, 15) is 4.79 Å². The Morgan fingerprint density at radius 2 is 1.96 bits per heavy atom. The molecule has 17 nitrogen and oxygen atoms in total. The number of fused-ring (bicyclic) bond motifs is 3. The zero-order valence-electron chi connectivity index (χ0n) is 32.7. The number of nitrogens with one attached hydrogen (secondary N) is 1. The maximum absolute atomic E-state index is 12.9. The largest absolute Gasteiger partial charge is 0.496 e. The monoisotopic (exact) mass is 777 g/mol. The number of hydrogen-bond donors (Lipinski definition) is 2. The first-order valence-electron chi connectivity index (χ1n) is 18.5. The molecule has 3 aliphatic rings. The van der Waals surface area contributed by atoms with Crippen molar-refractivity contribution in [1.82, 2.24) is 39.8 Å². The van der Waals surface area contributed by atoms with Gasteiger partial charge in [0, 0.05) is 45.1 Å². The number of methoxy groups -OCH3 is 1. The van der Waals surface area contributed by atoms with E-state index < -0.39 is 32.2 Å². The Labute approximate surface area is 320 Å². The summed E-state index contributed by atoms with van der Waals surface area (Å²) in [7, 11) is 0.373. The second kappa shape index (κ2) is 15.6. The Morgan fingerprint density at radius 1 is 1.16 bits per heavy atom. The summed E-state index contributed by atoms with van der Waals surface area (Å²) in [5.41, 5.74) is 11.9. The summed E-state index contributed by atoms with van der Waals surface area (Å²) in [4.78, 5) is 25.7. The zero-order valence-corrected chi connectivity index (χ0v) is 33.7. The van der Waals surface area contributed by atoms with Crippen LogP contribution in [0.2, 0.25) is 25.7 Å². The van der Waals surface area contributed by atoms with Gasteiger partial charge in [0.2, 0.25) is 0 Å². The minimum Gasteiger partial charge on any atom is -0.496 e. The first-order valence-corrected chi connectivity index (χ1v) is 22.2. The van der Waals surface area contributed by atoms with Crippen molar-refractivity contribution in [2.75, 3.05) is 32.8 Å². The van der Waals surface area contributed by atoms with E-state index in [4.69, 9.17) is 38.9 Å². The lowest BCUT2D eigenvalue weighted by Gasteiger charge is -2.24. The van der Waals surface area contributed by atoms with E-state index >= 15 is 0 Å². The number of imidazole rings is 1. The highest BCUT2D eigenvalue weighted by atomic mass is 28.3. The maximum Gasteiger partial charge on any atom is 0.342 e. The van der Waals surface area contributed by atoms with Crippen LogP contribution in [0.4, 0.5) is 5.82 Å². The van der Waals surface area contributed by atoms with Gasteiger partial charge in [-0.1, -0.05) is 36.5 Å². The first kappa shape index (κ1) is 38.8. The lowest BCUT2D eigenvalue weighted by molar-refractivity contribution is -0.197. The van der Waals surface area contributed by atoms with Gasteiger partial charge in [-0.25, -0.2) is 24.4 Å². The quantitative estimate of drug-likeness (QED) is 0.0543. The number of ether oxygens (including phenoxy) is 7. The van der Waals surface area contributed by atoms with E-state index in [-0.39, 0.29) is 25.6 Å². The van der Waals surface area contributed by atoms with Crippen molar-refractivity contribution in [1.29, 1.82) is 0 Å². The molecule has 2 saturated heterocycles. The van der Waals surface area contributed by atoms with Crippen LogP contribution in [0.25, 0.3) is 11.2 Å². The summed E-state index contributed by atoms with van der Waals surface area (Å²) in [6.45, 7) is 17.0. The smallest absolute Gasteiger partial charge is 0.342 e. The number of nitrogens with two attached hydrogens (primary N) is 1. The number of hydrogen-bond acceptors (Lipinski definition) is 15. The number of carbonyl (C=O) groups is 1. The molecule has 55 heavy (non-hydrogen) atoms. The van der Waals surface area contributed by atoms with Crippen molar-refractivity contribution >= 4 is 31.0 Å². The van der Waals surface area contributed by atoms with Crippen LogP contribution in [0.15, 0.2) is 30.5 Å². The summed E-state index contributed by atoms with van der Waals surface area (Å²) < 4.78 is 46.0. The number of nitrogens with zero attached hydrogens (tertiary/aromatic N) is 7. The van der Waals surface area contributed by atoms with Crippen LogP contribution in [0.5, 0.6) is 11.5 Å². The molecule has 4 atom stereocenters. The Hall–Kier alpha value is -4.46. The van der Waals surface area contributed by atoms with Gasteiger partial charge in [-0.15, -0.1) is 5.10 Å². The third-order valence-corrected chi connectivity index (χ3v) is 11.7. The average molecular weight is 778 g/mol. The minimum absolute atomic E-state index is 0.0363. The molecule has 0 unspecified atom stereocenters. The Bertz CT molecular complexity index is 2080. The predicted molar refractivity (Wildman–Crippen MR) is 203 cm³/mol. The summed E-state index contributed by atoms with van der Waals surface area (Å²) in [6, 6.07) is 1.02. The average Bonchev–Trinajstić information content (AvgIpc) is 3.95. The van der Waals surface area contributed by atoms with Crippen LogP contribution in [0.1, 0.15) is 59.7 Å². The highest BCUT2D eigenvalue weighted by Gasteiger charge is 2.56. The molecule has 18 heteroatoms. The highest BCUT2D eigenvalue weighted by molar-refractivity contribution is 6.76. The molecule has 0 spiro atoms. The molecule has 3 N–H and O–H groups in total. The van der Waals surface area contributed by atoms with Crippen LogP contribution in [0, 0.1) is 6.92 Å². The second-order valence-electron chi connectivity index (χ2n) is 15.9. The normalized spacial score (nSPS) is 22.0. The number of rotatable bonds is 16. The minimum atomic E-state index is -1.26. The van der Waals surface area contributed by atoms with E-state index in [0.29, 0.717) is 66.7 Å². The first-order chi connectivity index (χ1) is 26.2. The zero-order chi connectivity index (χ0) is 39.1. The summed E-state index contributed by atoms with van der Waals surface area (Å²) in [5.74, 6) is 0.246. The SMILES string of the molecule is COc1c(C)c2c(c(OCOCC[Si](C)(C)C)c1C/C=C(\C)CNCc1cn(C[C@H]3O[C@@H](n4cnc5c(N)ncnc54)[C@@H]4OC(C)(C)O[C@@H]43)nn1)C(=O)OC2. The van der Waals surface area contributed by atoms with E-state index in [1.54, 1.807) is 18.1 Å². The van der Waals surface area contributed by atoms with Gasteiger partial charge in [0.25, 0.3) is 0 Å². The molecule has 0 amide bonds. The van der Waals surface area contributed by atoms with Gasteiger partial charge >= 0.3 is 5.97 Å². The van der Waals surface area contributed by atoms with Gasteiger partial charge in [-0.2, -0.15) is 0 Å². The maximum atomic E-state index is 12.9. The number of esters is 1. The molecule has 1 aromatic carbocycles. The van der Waals surface area contributed by atoms with Crippen LogP contribution < -0.4 is 20.5 Å². The van der Waals surface area contributed by atoms with Gasteiger partial charge in [0.1, 0.15) is 53.8 Å². The van der Waals surface area contributed by atoms with Gasteiger partial charge in [0.05, 0.1) is 25.7 Å². The number of carbonyl (C=O) groups excluding carboxylic acids is 1. The Balaban J connectivity index is 0.978. The third kappa shape index (κ3) is 8.24. The summed E-state index contributed by atoms with van der Waals surface area (Å²) in [5, 5.41) is 12.2. The molecule has 3 aliphatic heterocycles. The molecular weight excluding hydrogens is 727 g/mol. The standard InChI is InChI=1S/C37H51N9O8Si/c1-21(9-10-24-29(48-5)22(2)25-17-50-36(47)27(25)30(24)51-20-49-11-12-55(6,7)8)13-39-14-23-15-45(44-43-23)16-26-31-32(54-37(3,4)53-31)35(52-26)46-19-42-28-33(38)40-18-41-34(28)46/h9,15,18-19,26,31-32,35,39H,10-14,16-17,20H2,1-8H3,(H2,38,40,41)/b21-9+/t26-,31-,32-,35-/m1/s1. The highest BCUT2D eigenvalue weighted by Crippen LogP contribution is 2.45. The number of benzene rings is 1. The molecule has 2 fully saturated rings. The van der Waals surface area contributed by atoms with Crippen molar-refractivity contribution < 1.29 is 38.0 Å². The molecule has 0 aliphatic carbocycles. The third-order valence-electron chi connectivity index (χ3n) is 10.0. The Kier molecular flexibility index (Phi) is 11.0. The van der Waals surface area contributed by atoms with Crippen molar-refractivity contribution in [2.45, 2.75) is 110 Å². The van der Waals surface area contributed by atoms with E-state index in [1.165, 1.54) is 6.33 Å². The summed E-state index contributed by atoms with van der Waals surface area (Å²) >= 11 is 0. The van der Waals surface area contributed by atoms with Crippen molar-refractivity contribution in [3.05, 3.63) is 58.4 Å². The molecular formula is C37H51N9O8Si. The second-order valence-corrected chi connectivity index (χ2v) is 21.5. The molecule has 296 valence electrons. The van der Waals surface area contributed by atoms with Crippen molar-refractivity contribution in [3.8, 4) is 11.5 Å². The Morgan fingerprint density at radius 3 is 2.75 bits per heavy atom. The lowest BCUT2D eigenvalue weighted by Crippen LogP contribution is -2.33. The molecule has 0 saturated carbocycles. The molecule has 3 aromatic heterocycles. The fourth-order valence-corrected chi connectivity index (χ4v) is 7.98. The van der Waals surface area contributed by atoms with Crippen LogP contribution in [-0.2, 0) is 49.8 Å². The van der Waals surface area contributed by atoms with Gasteiger partial charge in [0.15, 0.2) is 30.3 Å². The van der Waals surface area contributed by atoms with Crippen LogP contribution in [0.3, 0.4) is 0 Å². The number of aromatic nitrogens is 7. The molecule has 6 heterocycles. The van der Waals surface area contributed by atoms with Gasteiger partial charge in [-0.05, 0) is 45.7 Å². The number of anilines is 1. The topological polar surface area (TPSA) is 194 Å². The lowest BCUT2D eigenvalue weighted by atomic mass is 9.95. The van der Waals surface area contributed by atoms with Crippen molar-refractivity contribution in [3.63, 3.8) is 0 Å². The summed E-state index contributed by atoms with van der Waals surface area (Å²) in [6.07, 6.45) is 5.85. The van der Waals surface area contributed by atoms with E-state index in [0.717, 1.165) is 34.0 Å². The predicted octanol–water partition coefficient (Wildman–Crippen LogP) is 4.07. The number of nitrogen functional groups attached to an aromatic ring is 1. The fraction of sp³-hybridized carbons (Fsp3) is 0.568. The van der Waals surface area contributed by atoms with Crippen LogP contribution in [-0.4, -0.2) is 99.7 Å². The van der Waals surface area contributed by atoms with Crippen molar-refractivity contribution in [2.24, 2.45) is 0 Å². The van der Waals surface area contributed by atoms with E-state index in [2.05, 4.69) is 56.3 Å². The molecule has 4 aromatic rings. The van der Waals surface area contributed by atoms with Gasteiger partial charge < -0.3 is 44.2 Å². The molecule has 0 radical (unpaired) electrons. The number of allylic oxidation sites excluding steroid dienone is 1. The van der Waals surface area contributed by atoms with Gasteiger partial charge in [-0.3, -0.25) is 4.57 Å². The van der Waals surface area contributed by atoms with Crippen LogP contribution >= 0.6 is 0 Å². The number of cyclic esters (lactones) is 1. The fourth-order valence-electron chi connectivity index (χ4n) is 7.22. The molecule has 0 bridgehead atoms. The van der Waals surface area contributed by atoms with E-state index in [1.807, 2.05) is 38.5 Å².